The van der Waals surface area contributed by atoms with Gasteiger partial charge in [0.1, 0.15) is 17.2 Å². The molecular formula is C33H40N8. The highest BCUT2D eigenvalue weighted by molar-refractivity contribution is 6.03. The van der Waals surface area contributed by atoms with Gasteiger partial charge in [-0.1, -0.05) is 68.8 Å². The van der Waals surface area contributed by atoms with Crippen LogP contribution < -0.4 is 21.7 Å². The summed E-state index contributed by atoms with van der Waals surface area (Å²) in [6.07, 6.45) is 15.1. The third kappa shape index (κ3) is 7.21. The van der Waals surface area contributed by atoms with Crippen molar-refractivity contribution in [3.05, 3.63) is 90.4 Å². The topological polar surface area (TPSA) is 117 Å². The zero-order chi connectivity index (χ0) is 28.6. The summed E-state index contributed by atoms with van der Waals surface area (Å²) in [5.74, 6) is 1.22. The quantitative estimate of drug-likeness (QED) is 0.130. The van der Waals surface area contributed by atoms with Crippen molar-refractivity contribution in [2.24, 2.45) is 0 Å². The Morgan fingerprint density at radius 2 is 1.90 bits per heavy atom. The SMILES string of the molecule is C=C(CCNC/C=C/c1cnc(N)c2c(-c3ccc(C(=C)Nc4cc(C)ccn4)cc3)[nH]nc12)NC1CCCCC1. The Hall–Kier alpha value is -4.43. The van der Waals surface area contributed by atoms with Crippen LogP contribution in [0.2, 0.25) is 0 Å². The molecule has 0 spiro atoms. The van der Waals surface area contributed by atoms with Gasteiger partial charge in [-0.3, -0.25) is 5.10 Å². The van der Waals surface area contributed by atoms with Crippen LogP contribution in [0.5, 0.6) is 0 Å². The second-order valence-corrected chi connectivity index (χ2v) is 10.8. The van der Waals surface area contributed by atoms with Crippen LogP contribution in [0.1, 0.15) is 55.2 Å². The summed E-state index contributed by atoms with van der Waals surface area (Å²) >= 11 is 0. The standard InChI is InChI=1S/C33H40N8/c1-22-15-19-36-29(20-22)39-24(3)25-11-13-26(14-12-25)31-30-32(41-40-31)27(21-37-33(30)34)8-7-17-35-18-16-23(2)38-28-9-5-4-6-10-28/h7-8,11-15,19-21,28,35,38H,2-6,9-10,16-18H2,1H3,(H2,34,37)(H,36,39)(H,40,41)/b8-7+. The minimum atomic E-state index is 0.448. The number of fused-ring (bicyclic) bond motifs is 1. The number of nitrogen functional groups attached to an aromatic ring is 1. The van der Waals surface area contributed by atoms with E-state index in [1.54, 1.807) is 12.4 Å². The molecule has 8 nitrogen and oxygen atoms in total. The van der Waals surface area contributed by atoms with E-state index in [0.29, 0.717) is 11.9 Å². The van der Waals surface area contributed by atoms with E-state index < -0.39 is 0 Å². The van der Waals surface area contributed by atoms with E-state index in [1.165, 1.54) is 32.1 Å². The fraction of sp³-hybridized carbons (Fsp3) is 0.303. The maximum Gasteiger partial charge on any atom is 0.135 e. The fourth-order valence-corrected chi connectivity index (χ4v) is 5.28. The lowest BCUT2D eigenvalue weighted by Crippen LogP contribution is -2.31. The van der Waals surface area contributed by atoms with Crippen LogP contribution in [0.4, 0.5) is 11.6 Å². The fourth-order valence-electron chi connectivity index (χ4n) is 5.28. The summed E-state index contributed by atoms with van der Waals surface area (Å²) in [6, 6.07) is 12.7. The van der Waals surface area contributed by atoms with Gasteiger partial charge in [0.2, 0.25) is 0 Å². The predicted molar refractivity (Wildman–Crippen MR) is 171 cm³/mol. The molecule has 0 saturated heterocycles. The zero-order valence-electron chi connectivity index (χ0n) is 23.8. The van der Waals surface area contributed by atoms with Crippen LogP contribution >= 0.6 is 0 Å². The number of hydrogen-bond acceptors (Lipinski definition) is 7. The first kappa shape index (κ1) is 28.1. The molecule has 0 aliphatic heterocycles. The number of aromatic amines is 1. The molecule has 3 heterocycles. The van der Waals surface area contributed by atoms with Gasteiger partial charge in [0.05, 0.1) is 11.1 Å². The Morgan fingerprint density at radius 1 is 1.10 bits per heavy atom. The molecule has 0 unspecified atom stereocenters. The first-order chi connectivity index (χ1) is 20.0. The van der Waals surface area contributed by atoms with E-state index >= 15 is 0 Å². The average molecular weight is 549 g/mol. The summed E-state index contributed by atoms with van der Waals surface area (Å²) in [6.45, 7) is 12.0. The number of aromatic nitrogens is 4. The molecule has 1 saturated carbocycles. The van der Waals surface area contributed by atoms with Crippen molar-refractivity contribution in [3.8, 4) is 11.3 Å². The molecule has 4 aromatic rings. The number of aryl methyl sites for hydroxylation is 1. The van der Waals surface area contributed by atoms with Crippen LogP contribution in [0.15, 0.2) is 73.7 Å². The van der Waals surface area contributed by atoms with Crippen molar-refractivity contribution < 1.29 is 0 Å². The third-order valence-corrected chi connectivity index (χ3v) is 7.53. The molecule has 1 aromatic carbocycles. The van der Waals surface area contributed by atoms with Crippen LogP contribution in [-0.2, 0) is 0 Å². The van der Waals surface area contributed by atoms with E-state index in [0.717, 1.165) is 75.6 Å². The molecule has 1 fully saturated rings. The largest absolute Gasteiger partial charge is 0.386 e. The Labute approximate surface area is 242 Å². The van der Waals surface area contributed by atoms with Crippen LogP contribution in [0.25, 0.3) is 33.9 Å². The van der Waals surface area contributed by atoms with Gasteiger partial charge in [0.25, 0.3) is 0 Å². The molecule has 0 amide bonds. The van der Waals surface area contributed by atoms with Gasteiger partial charge in [0.15, 0.2) is 0 Å². The van der Waals surface area contributed by atoms with E-state index in [4.69, 9.17) is 5.73 Å². The van der Waals surface area contributed by atoms with Gasteiger partial charge in [-0.15, -0.1) is 0 Å². The molecule has 212 valence electrons. The van der Waals surface area contributed by atoms with Gasteiger partial charge in [0, 0.05) is 54.0 Å². The molecule has 0 radical (unpaired) electrons. The average Bonchev–Trinajstić information content (AvgIpc) is 3.43. The van der Waals surface area contributed by atoms with Crippen LogP contribution in [0.3, 0.4) is 0 Å². The minimum Gasteiger partial charge on any atom is -0.386 e. The van der Waals surface area contributed by atoms with Gasteiger partial charge in [-0.2, -0.15) is 5.10 Å². The van der Waals surface area contributed by atoms with Crippen molar-refractivity contribution in [1.29, 1.82) is 0 Å². The number of nitrogens with two attached hydrogens (primary N) is 1. The number of pyridine rings is 2. The molecule has 3 aromatic heterocycles. The summed E-state index contributed by atoms with van der Waals surface area (Å²) in [7, 11) is 0. The molecule has 8 heteroatoms. The highest BCUT2D eigenvalue weighted by Crippen LogP contribution is 2.32. The highest BCUT2D eigenvalue weighted by Gasteiger charge is 2.15. The summed E-state index contributed by atoms with van der Waals surface area (Å²) in [4.78, 5) is 8.81. The van der Waals surface area contributed by atoms with E-state index in [-0.39, 0.29) is 0 Å². The van der Waals surface area contributed by atoms with Crippen LogP contribution in [-0.4, -0.2) is 39.3 Å². The Kier molecular flexibility index (Phi) is 9.11. The second kappa shape index (κ2) is 13.3. The lowest BCUT2D eigenvalue weighted by atomic mass is 9.95. The van der Waals surface area contributed by atoms with Crippen molar-refractivity contribution in [3.63, 3.8) is 0 Å². The van der Waals surface area contributed by atoms with Crippen molar-refractivity contribution >= 4 is 34.3 Å². The summed E-state index contributed by atoms with van der Waals surface area (Å²) in [5, 5.41) is 18.9. The van der Waals surface area contributed by atoms with Crippen LogP contribution in [0, 0.1) is 6.92 Å². The molecular weight excluding hydrogens is 508 g/mol. The number of rotatable bonds is 12. The Bertz CT molecular complexity index is 1530. The zero-order valence-corrected chi connectivity index (χ0v) is 23.8. The maximum absolute atomic E-state index is 6.32. The normalized spacial score (nSPS) is 14.0. The highest BCUT2D eigenvalue weighted by atomic mass is 15.1. The van der Waals surface area contributed by atoms with Crippen molar-refractivity contribution in [2.75, 3.05) is 24.1 Å². The number of nitrogens with one attached hydrogen (secondary N) is 4. The first-order valence-electron chi connectivity index (χ1n) is 14.4. The number of nitrogens with zero attached hydrogens (tertiary/aromatic N) is 3. The Balaban J connectivity index is 1.19. The molecule has 5 rings (SSSR count). The predicted octanol–water partition coefficient (Wildman–Crippen LogP) is 6.42. The summed E-state index contributed by atoms with van der Waals surface area (Å²) < 4.78 is 0. The molecule has 41 heavy (non-hydrogen) atoms. The van der Waals surface area contributed by atoms with Gasteiger partial charge < -0.3 is 21.7 Å². The first-order valence-corrected chi connectivity index (χ1v) is 14.4. The molecule has 0 bridgehead atoms. The van der Waals surface area contributed by atoms with E-state index in [2.05, 4.69) is 55.3 Å². The number of anilines is 2. The molecule has 1 aliphatic carbocycles. The van der Waals surface area contributed by atoms with Gasteiger partial charge in [-0.05, 0) is 49.4 Å². The van der Waals surface area contributed by atoms with Crippen molar-refractivity contribution in [1.82, 2.24) is 30.8 Å². The third-order valence-electron chi connectivity index (χ3n) is 7.53. The van der Waals surface area contributed by atoms with Gasteiger partial charge >= 0.3 is 0 Å². The Morgan fingerprint density at radius 3 is 2.68 bits per heavy atom. The number of H-pyrrole nitrogens is 1. The monoisotopic (exact) mass is 548 g/mol. The lowest BCUT2D eigenvalue weighted by Gasteiger charge is -2.25. The number of benzene rings is 1. The van der Waals surface area contributed by atoms with E-state index in [9.17, 15) is 0 Å². The van der Waals surface area contributed by atoms with Gasteiger partial charge in [-0.25, -0.2) is 9.97 Å². The smallest absolute Gasteiger partial charge is 0.135 e. The maximum atomic E-state index is 6.32. The van der Waals surface area contributed by atoms with Crippen molar-refractivity contribution in [2.45, 2.75) is 51.5 Å². The summed E-state index contributed by atoms with van der Waals surface area (Å²) in [5.41, 5.74) is 13.9. The minimum absolute atomic E-state index is 0.448. The van der Waals surface area contributed by atoms with E-state index in [1.807, 2.05) is 49.4 Å². The molecule has 0 atom stereocenters. The molecule has 6 N–H and O–H groups in total. The lowest BCUT2D eigenvalue weighted by molar-refractivity contribution is 0.392. The molecule has 1 aliphatic rings. The second-order valence-electron chi connectivity index (χ2n) is 10.8. The number of hydrogen-bond donors (Lipinski definition) is 5.